The van der Waals surface area contributed by atoms with Crippen LogP contribution in [0.1, 0.15) is 19.4 Å². The summed E-state index contributed by atoms with van der Waals surface area (Å²) in [7, 11) is 0. The zero-order chi connectivity index (χ0) is 10.9. The van der Waals surface area contributed by atoms with E-state index >= 15 is 0 Å². The van der Waals surface area contributed by atoms with E-state index in [9.17, 15) is 0 Å². The van der Waals surface area contributed by atoms with Gasteiger partial charge in [0.2, 0.25) is 5.28 Å². The molecule has 0 unspecified atom stereocenters. The summed E-state index contributed by atoms with van der Waals surface area (Å²) in [6.07, 6.45) is 1.65. The lowest BCUT2D eigenvalue weighted by atomic mass is 9.94. The predicted molar refractivity (Wildman–Crippen MR) is 59.9 cm³/mol. The molecule has 1 aromatic carbocycles. The Hall–Kier alpha value is -1.35. The number of hydrogen-bond donors (Lipinski definition) is 0. The van der Waals surface area contributed by atoms with Gasteiger partial charge in [0.25, 0.3) is 0 Å². The summed E-state index contributed by atoms with van der Waals surface area (Å²) in [4.78, 5) is 0. The third-order valence-corrected chi connectivity index (χ3v) is 2.85. The van der Waals surface area contributed by atoms with E-state index in [0.29, 0.717) is 5.28 Å². The second kappa shape index (κ2) is 3.66. The lowest BCUT2D eigenvalue weighted by Gasteiger charge is -2.27. The summed E-state index contributed by atoms with van der Waals surface area (Å²) in [5, 5.41) is 7.99. The third-order valence-electron chi connectivity index (χ3n) is 2.59. The number of rotatable bonds is 2. The summed E-state index contributed by atoms with van der Waals surface area (Å²) in [5.41, 5.74) is 0.939. The summed E-state index contributed by atoms with van der Waals surface area (Å²) >= 11 is 5.96. The van der Waals surface area contributed by atoms with Crippen LogP contribution in [0.15, 0.2) is 36.7 Å². The van der Waals surface area contributed by atoms with Gasteiger partial charge in [-0.05, 0) is 31.0 Å². The van der Waals surface area contributed by atoms with Crippen molar-refractivity contribution in [2.24, 2.45) is 0 Å². The number of benzene rings is 1. The quantitative estimate of drug-likeness (QED) is 0.781. The van der Waals surface area contributed by atoms with Crippen LogP contribution in [0.3, 0.4) is 0 Å². The van der Waals surface area contributed by atoms with Crippen molar-refractivity contribution in [2.75, 3.05) is 0 Å². The highest BCUT2D eigenvalue weighted by atomic mass is 35.5. The highest BCUT2D eigenvalue weighted by Gasteiger charge is 2.24. The zero-order valence-corrected chi connectivity index (χ0v) is 9.44. The van der Waals surface area contributed by atoms with Crippen LogP contribution < -0.4 is 0 Å². The van der Waals surface area contributed by atoms with Gasteiger partial charge in [0.05, 0.1) is 5.54 Å². The summed E-state index contributed by atoms with van der Waals surface area (Å²) < 4.78 is 1.85. The van der Waals surface area contributed by atoms with Gasteiger partial charge in [-0.15, -0.1) is 10.2 Å². The van der Waals surface area contributed by atoms with Crippen molar-refractivity contribution in [1.82, 2.24) is 14.8 Å². The van der Waals surface area contributed by atoms with Gasteiger partial charge in [-0.1, -0.05) is 30.3 Å². The van der Waals surface area contributed by atoms with Crippen molar-refractivity contribution in [1.29, 1.82) is 0 Å². The molecular weight excluding hydrogens is 210 g/mol. The van der Waals surface area contributed by atoms with E-state index < -0.39 is 0 Å². The molecule has 78 valence electrons. The first kappa shape index (κ1) is 10.2. The SMILES string of the molecule is CC(C)(c1ccccc1)n1cnnc1Cl. The molecule has 0 saturated heterocycles. The monoisotopic (exact) mass is 221 g/mol. The molecule has 0 bridgehead atoms. The van der Waals surface area contributed by atoms with Gasteiger partial charge in [0, 0.05) is 0 Å². The molecule has 0 aliphatic rings. The average Bonchev–Trinajstić information content (AvgIpc) is 2.66. The van der Waals surface area contributed by atoms with Crippen molar-refractivity contribution >= 4 is 11.6 Å². The number of aromatic nitrogens is 3. The first-order valence-corrected chi connectivity index (χ1v) is 5.11. The van der Waals surface area contributed by atoms with E-state index in [-0.39, 0.29) is 5.54 Å². The maximum atomic E-state index is 5.96. The number of hydrogen-bond acceptors (Lipinski definition) is 2. The summed E-state index contributed by atoms with van der Waals surface area (Å²) in [6, 6.07) is 10.1. The van der Waals surface area contributed by atoms with Gasteiger partial charge in [-0.25, -0.2) is 0 Å². The fourth-order valence-electron chi connectivity index (χ4n) is 1.58. The number of nitrogens with zero attached hydrogens (tertiary/aromatic N) is 3. The van der Waals surface area contributed by atoms with Gasteiger partial charge in [-0.3, -0.25) is 4.57 Å². The van der Waals surface area contributed by atoms with Gasteiger partial charge >= 0.3 is 0 Å². The molecule has 2 rings (SSSR count). The lowest BCUT2D eigenvalue weighted by molar-refractivity contribution is 0.435. The Balaban J connectivity index is 2.48. The van der Waals surface area contributed by atoms with Gasteiger partial charge in [-0.2, -0.15) is 0 Å². The molecule has 4 heteroatoms. The van der Waals surface area contributed by atoms with Crippen LogP contribution in [0.2, 0.25) is 5.28 Å². The molecule has 1 heterocycles. The fraction of sp³-hybridized carbons (Fsp3) is 0.273. The summed E-state index contributed by atoms with van der Waals surface area (Å²) in [5.74, 6) is 0. The van der Waals surface area contributed by atoms with Crippen LogP contribution in [0.25, 0.3) is 0 Å². The van der Waals surface area contributed by atoms with Crippen molar-refractivity contribution in [3.05, 3.63) is 47.5 Å². The van der Waals surface area contributed by atoms with E-state index in [2.05, 4.69) is 36.2 Å². The molecule has 0 spiro atoms. The minimum Gasteiger partial charge on any atom is -0.295 e. The van der Waals surface area contributed by atoms with E-state index in [0.717, 1.165) is 0 Å². The smallest absolute Gasteiger partial charge is 0.225 e. The largest absolute Gasteiger partial charge is 0.295 e. The van der Waals surface area contributed by atoms with Crippen LogP contribution in [0.4, 0.5) is 0 Å². The second-order valence-electron chi connectivity index (χ2n) is 3.90. The molecule has 0 atom stereocenters. The van der Waals surface area contributed by atoms with Gasteiger partial charge in [0.15, 0.2) is 0 Å². The van der Waals surface area contributed by atoms with E-state index in [1.165, 1.54) is 5.56 Å². The zero-order valence-electron chi connectivity index (χ0n) is 8.68. The first-order chi connectivity index (χ1) is 7.12. The molecule has 3 nitrogen and oxygen atoms in total. The molecule has 0 saturated carbocycles. The van der Waals surface area contributed by atoms with Crippen LogP contribution in [-0.4, -0.2) is 14.8 Å². The highest BCUT2D eigenvalue weighted by molar-refractivity contribution is 6.28. The maximum Gasteiger partial charge on any atom is 0.225 e. The van der Waals surface area contributed by atoms with Gasteiger partial charge in [0.1, 0.15) is 6.33 Å². The Morgan fingerprint density at radius 1 is 1.20 bits per heavy atom. The minimum absolute atomic E-state index is 0.234. The van der Waals surface area contributed by atoms with Crippen molar-refractivity contribution in [2.45, 2.75) is 19.4 Å². The lowest BCUT2D eigenvalue weighted by Crippen LogP contribution is -2.27. The Kier molecular flexibility index (Phi) is 2.49. The van der Waals surface area contributed by atoms with Crippen LogP contribution in [0, 0.1) is 0 Å². The van der Waals surface area contributed by atoms with Crippen LogP contribution >= 0.6 is 11.6 Å². The first-order valence-electron chi connectivity index (χ1n) is 4.74. The molecule has 15 heavy (non-hydrogen) atoms. The second-order valence-corrected chi connectivity index (χ2v) is 4.23. The van der Waals surface area contributed by atoms with Crippen molar-refractivity contribution in [3.8, 4) is 0 Å². The number of halogens is 1. The van der Waals surface area contributed by atoms with Gasteiger partial charge < -0.3 is 0 Å². The maximum absolute atomic E-state index is 5.96. The molecular formula is C11H12ClN3. The Morgan fingerprint density at radius 2 is 1.87 bits per heavy atom. The molecule has 0 amide bonds. The molecule has 2 aromatic rings. The van der Waals surface area contributed by atoms with E-state index in [1.54, 1.807) is 6.33 Å². The molecule has 1 aromatic heterocycles. The van der Waals surface area contributed by atoms with Crippen molar-refractivity contribution in [3.63, 3.8) is 0 Å². The van der Waals surface area contributed by atoms with E-state index in [4.69, 9.17) is 11.6 Å². The van der Waals surface area contributed by atoms with Crippen LogP contribution in [0.5, 0.6) is 0 Å². The highest BCUT2D eigenvalue weighted by Crippen LogP contribution is 2.27. The Bertz CT molecular complexity index is 448. The standard InChI is InChI=1S/C11H12ClN3/c1-11(2,9-6-4-3-5-7-9)15-8-13-14-10(15)12/h3-8H,1-2H3. The average molecular weight is 222 g/mol. The summed E-state index contributed by atoms with van der Waals surface area (Å²) in [6.45, 7) is 4.16. The fourth-order valence-corrected chi connectivity index (χ4v) is 1.88. The molecule has 0 N–H and O–H groups in total. The predicted octanol–water partition coefficient (Wildman–Crippen LogP) is 2.71. The normalized spacial score (nSPS) is 11.7. The Labute approximate surface area is 93.7 Å². The van der Waals surface area contributed by atoms with Crippen molar-refractivity contribution < 1.29 is 0 Å². The third kappa shape index (κ3) is 1.75. The molecule has 0 fully saturated rings. The molecule has 0 aliphatic heterocycles. The molecule has 0 radical (unpaired) electrons. The topological polar surface area (TPSA) is 30.7 Å². The Morgan fingerprint density at radius 3 is 2.40 bits per heavy atom. The molecule has 0 aliphatic carbocycles. The van der Waals surface area contributed by atoms with Crippen LogP contribution in [-0.2, 0) is 5.54 Å². The minimum atomic E-state index is -0.234. The van der Waals surface area contributed by atoms with E-state index in [1.807, 2.05) is 22.8 Å².